The van der Waals surface area contributed by atoms with Crippen molar-refractivity contribution >= 4 is 0 Å². The normalized spacial score (nSPS) is 10.5. The molecule has 0 amide bonds. The summed E-state index contributed by atoms with van der Waals surface area (Å²) in [6.07, 6.45) is 0. The minimum atomic E-state index is 0.532. The molecule has 0 radical (unpaired) electrons. The molecule has 6 nitrogen and oxygen atoms in total. The first-order chi connectivity index (χ1) is 12.6. The fourth-order valence-electron chi connectivity index (χ4n) is 2.78. The highest BCUT2D eigenvalue weighted by Gasteiger charge is 2.20. The summed E-state index contributed by atoms with van der Waals surface area (Å²) in [5, 5.41) is 0. The molecular weight excluding hydrogens is 334 g/mol. The third kappa shape index (κ3) is 3.18. The second kappa shape index (κ2) is 7.39. The van der Waals surface area contributed by atoms with Crippen LogP contribution in [0.3, 0.4) is 0 Å². The van der Waals surface area contributed by atoms with Crippen LogP contribution in [0.1, 0.15) is 5.89 Å². The number of hydrogen-bond donors (Lipinski definition) is 0. The van der Waals surface area contributed by atoms with Gasteiger partial charge >= 0.3 is 0 Å². The molecule has 6 heteroatoms. The maximum atomic E-state index is 5.87. The van der Waals surface area contributed by atoms with Crippen LogP contribution in [0.5, 0.6) is 23.0 Å². The number of ether oxygens (including phenoxy) is 4. The maximum Gasteiger partial charge on any atom is 0.203 e. The lowest BCUT2D eigenvalue weighted by Crippen LogP contribution is -1.96. The van der Waals surface area contributed by atoms with Gasteiger partial charge in [0.1, 0.15) is 11.4 Å². The average molecular weight is 355 g/mol. The molecule has 1 heterocycles. The molecule has 0 bridgehead atoms. The van der Waals surface area contributed by atoms with Crippen molar-refractivity contribution in [3.63, 3.8) is 0 Å². The van der Waals surface area contributed by atoms with Crippen molar-refractivity contribution < 1.29 is 23.4 Å². The van der Waals surface area contributed by atoms with Crippen molar-refractivity contribution in [1.29, 1.82) is 0 Å². The molecular formula is C20H21NO5. The first-order valence-electron chi connectivity index (χ1n) is 8.03. The zero-order valence-corrected chi connectivity index (χ0v) is 15.5. The molecule has 3 rings (SSSR count). The number of nitrogens with zero attached hydrogens (tertiary/aromatic N) is 1. The Morgan fingerprint density at radius 3 is 1.88 bits per heavy atom. The van der Waals surface area contributed by atoms with Crippen LogP contribution >= 0.6 is 0 Å². The molecule has 26 heavy (non-hydrogen) atoms. The van der Waals surface area contributed by atoms with Crippen molar-refractivity contribution in [3.8, 4) is 45.6 Å². The van der Waals surface area contributed by atoms with Crippen molar-refractivity contribution in [3.05, 3.63) is 42.3 Å². The Morgan fingerprint density at radius 2 is 1.38 bits per heavy atom. The Morgan fingerprint density at radius 1 is 0.769 bits per heavy atom. The van der Waals surface area contributed by atoms with Gasteiger partial charge in [0.2, 0.25) is 5.75 Å². The number of methoxy groups -OCH3 is 4. The Hall–Kier alpha value is -3.15. The summed E-state index contributed by atoms with van der Waals surface area (Å²) >= 11 is 0. The second-order valence-electron chi connectivity index (χ2n) is 5.55. The predicted molar refractivity (Wildman–Crippen MR) is 98.3 cm³/mol. The highest BCUT2D eigenvalue weighted by molar-refractivity contribution is 5.79. The molecule has 0 fully saturated rings. The van der Waals surface area contributed by atoms with Gasteiger partial charge in [-0.15, -0.1) is 0 Å². The highest BCUT2D eigenvalue weighted by Crippen LogP contribution is 2.43. The van der Waals surface area contributed by atoms with Crippen LogP contribution in [-0.2, 0) is 0 Å². The van der Waals surface area contributed by atoms with Gasteiger partial charge in [0.15, 0.2) is 23.1 Å². The Balaban J connectivity index is 2.15. The first kappa shape index (κ1) is 17.7. The molecule has 2 aromatic carbocycles. The van der Waals surface area contributed by atoms with Crippen molar-refractivity contribution in [2.24, 2.45) is 0 Å². The van der Waals surface area contributed by atoms with Crippen molar-refractivity contribution in [1.82, 2.24) is 4.98 Å². The first-order valence-corrected chi connectivity index (χ1v) is 8.03. The number of rotatable bonds is 6. The molecule has 0 spiro atoms. The minimum absolute atomic E-state index is 0.532. The lowest BCUT2D eigenvalue weighted by atomic mass is 10.0. The van der Waals surface area contributed by atoms with Crippen molar-refractivity contribution in [2.75, 3.05) is 28.4 Å². The quantitative estimate of drug-likeness (QED) is 0.655. The van der Waals surface area contributed by atoms with E-state index in [4.69, 9.17) is 23.4 Å². The van der Waals surface area contributed by atoms with E-state index >= 15 is 0 Å². The van der Waals surface area contributed by atoms with Crippen LogP contribution in [0.2, 0.25) is 0 Å². The van der Waals surface area contributed by atoms with Crippen LogP contribution < -0.4 is 18.9 Å². The molecule has 0 saturated heterocycles. The van der Waals surface area contributed by atoms with Gasteiger partial charge in [0.25, 0.3) is 0 Å². The van der Waals surface area contributed by atoms with Gasteiger partial charge in [-0.3, -0.25) is 0 Å². The van der Waals surface area contributed by atoms with E-state index in [1.807, 2.05) is 43.3 Å². The molecule has 0 saturated carbocycles. The van der Waals surface area contributed by atoms with Gasteiger partial charge in [-0.2, -0.15) is 0 Å². The van der Waals surface area contributed by atoms with Gasteiger partial charge in [0, 0.05) is 18.1 Å². The van der Waals surface area contributed by atoms with Crippen LogP contribution in [0.4, 0.5) is 0 Å². The van der Waals surface area contributed by atoms with E-state index < -0.39 is 0 Å². The van der Waals surface area contributed by atoms with E-state index in [0.717, 1.165) is 16.9 Å². The molecule has 0 aliphatic heterocycles. The van der Waals surface area contributed by atoms with Gasteiger partial charge in [0.05, 0.1) is 28.4 Å². The molecule has 136 valence electrons. The number of hydrogen-bond acceptors (Lipinski definition) is 6. The van der Waals surface area contributed by atoms with Crippen LogP contribution in [0, 0.1) is 6.92 Å². The van der Waals surface area contributed by atoms with Gasteiger partial charge in [-0.25, -0.2) is 4.98 Å². The van der Waals surface area contributed by atoms with E-state index in [1.54, 1.807) is 28.4 Å². The van der Waals surface area contributed by atoms with Gasteiger partial charge in [-0.05, 0) is 36.4 Å². The van der Waals surface area contributed by atoms with Gasteiger partial charge < -0.3 is 23.4 Å². The number of benzene rings is 2. The predicted octanol–water partition coefficient (Wildman–Crippen LogP) is 4.35. The third-order valence-corrected chi connectivity index (χ3v) is 4.02. The van der Waals surface area contributed by atoms with E-state index in [0.29, 0.717) is 34.6 Å². The smallest absolute Gasteiger partial charge is 0.203 e. The topological polar surface area (TPSA) is 63.0 Å². The fraction of sp³-hybridized carbons (Fsp3) is 0.250. The summed E-state index contributed by atoms with van der Waals surface area (Å²) in [5.74, 6) is 3.66. The Kier molecular flexibility index (Phi) is 5.02. The Labute approximate surface area is 152 Å². The monoisotopic (exact) mass is 355 g/mol. The highest BCUT2D eigenvalue weighted by atomic mass is 16.5. The van der Waals surface area contributed by atoms with Crippen LogP contribution in [0.15, 0.2) is 40.8 Å². The zero-order chi connectivity index (χ0) is 18.7. The molecule has 0 unspecified atom stereocenters. The van der Waals surface area contributed by atoms with Gasteiger partial charge in [-0.1, -0.05) is 0 Å². The maximum absolute atomic E-state index is 5.87. The summed E-state index contributed by atoms with van der Waals surface area (Å²) in [5.41, 5.74) is 2.41. The summed E-state index contributed by atoms with van der Waals surface area (Å²) in [6, 6.07) is 11.3. The minimum Gasteiger partial charge on any atom is -0.497 e. The summed E-state index contributed by atoms with van der Waals surface area (Å²) in [4.78, 5) is 4.56. The van der Waals surface area contributed by atoms with Crippen molar-refractivity contribution in [2.45, 2.75) is 6.92 Å². The lowest BCUT2D eigenvalue weighted by molar-refractivity contribution is 0.324. The Bertz CT molecular complexity index is 874. The summed E-state index contributed by atoms with van der Waals surface area (Å²) in [6.45, 7) is 1.81. The summed E-state index contributed by atoms with van der Waals surface area (Å²) < 4.78 is 27.4. The molecule has 0 aliphatic carbocycles. The van der Waals surface area contributed by atoms with Crippen LogP contribution in [-0.4, -0.2) is 33.4 Å². The standard InChI is InChI=1S/C20H21NO5/c1-12-21-18(19(26-12)13-6-8-15(22-2)9-7-13)14-10-16(23-3)20(25-5)17(11-14)24-4/h6-11H,1-5H3. The molecule has 1 aromatic heterocycles. The molecule has 0 N–H and O–H groups in total. The SMILES string of the molecule is COc1ccc(-c2oc(C)nc2-c2cc(OC)c(OC)c(OC)c2)cc1. The molecule has 0 aliphatic rings. The largest absolute Gasteiger partial charge is 0.497 e. The average Bonchev–Trinajstić information content (AvgIpc) is 3.08. The molecule has 0 atom stereocenters. The number of aromatic nitrogens is 1. The number of aryl methyl sites for hydroxylation is 1. The van der Waals surface area contributed by atoms with Crippen LogP contribution in [0.25, 0.3) is 22.6 Å². The van der Waals surface area contributed by atoms with E-state index in [9.17, 15) is 0 Å². The second-order valence-corrected chi connectivity index (χ2v) is 5.55. The lowest BCUT2D eigenvalue weighted by Gasteiger charge is -2.13. The van der Waals surface area contributed by atoms with E-state index in [-0.39, 0.29) is 0 Å². The third-order valence-electron chi connectivity index (χ3n) is 4.02. The van der Waals surface area contributed by atoms with E-state index in [2.05, 4.69) is 4.98 Å². The van der Waals surface area contributed by atoms with E-state index in [1.165, 1.54) is 0 Å². The zero-order valence-electron chi connectivity index (χ0n) is 15.5. The fourth-order valence-corrected chi connectivity index (χ4v) is 2.78. The number of oxazole rings is 1. The summed E-state index contributed by atoms with van der Waals surface area (Å²) in [7, 11) is 6.37. The molecule has 3 aromatic rings.